The van der Waals surface area contributed by atoms with Gasteiger partial charge in [-0.05, 0) is 42.8 Å². The van der Waals surface area contributed by atoms with Gasteiger partial charge < -0.3 is 19.3 Å². The fourth-order valence-corrected chi connectivity index (χ4v) is 5.22. The van der Waals surface area contributed by atoms with Gasteiger partial charge in [0.25, 0.3) is 0 Å². The molecule has 0 spiro atoms. The van der Waals surface area contributed by atoms with Crippen molar-refractivity contribution in [2.45, 2.75) is 20.3 Å². The van der Waals surface area contributed by atoms with Crippen LogP contribution in [0.15, 0.2) is 53.9 Å². The first-order chi connectivity index (χ1) is 17.9. The van der Waals surface area contributed by atoms with Gasteiger partial charge in [-0.1, -0.05) is 25.1 Å². The third-order valence-electron chi connectivity index (χ3n) is 6.16. The Kier molecular flexibility index (Phi) is 8.21. The van der Waals surface area contributed by atoms with Crippen molar-refractivity contribution in [2.75, 3.05) is 27.4 Å². The van der Waals surface area contributed by atoms with Crippen molar-refractivity contribution in [3.05, 3.63) is 70.7 Å². The molecule has 0 bridgehead atoms. The summed E-state index contributed by atoms with van der Waals surface area (Å²) in [6.45, 7) is 3.78. The lowest BCUT2D eigenvalue weighted by atomic mass is 9.94. The van der Waals surface area contributed by atoms with Gasteiger partial charge in [-0.2, -0.15) is 0 Å². The van der Waals surface area contributed by atoms with Gasteiger partial charge in [0, 0.05) is 38.9 Å². The van der Waals surface area contributed by atoms with Crippen molar-refractivity contribution < 1.29 is 28.9 Å². The van der Waals surface area contributed by atoms with Crippen LogP contribution >= 0.6 is 11.3 Å². The second kappa shape index (κ2) is 11.5. The number of carbonyl (C=O) groups excluding carboxylic acids is 2. The molecule has 0 saturated carbocycles. The number of ether oxygens (including phenoxy) is 3. The molecule has 4 rings (SSSR count). The number of aliphatic hydroxyl groups excluding tert-OH is 1. The van der Waals surface area contributed by atoms with E-state index in [2.05, 4.69) is 13.0 Å². The SMILES string of the molecule is COc1cc(C(=O)C[C@H](C)C(=O)c2ccc(OC)c(-c3csc4c(C)cccc34)n2)ccc1OCCO. The molecule has 4 aromatic rings. The van der Waals surface area contributed by atoms with Crippen LogP contribution < -0.4 is 14.2 Å². The van der Waals surface area contributed by atoms with E-state index in [0.29, 0.717) is 28.5 Å². The number of fused-ring (bicyclic) bond motifs is 1. The third-order valence-corrected chi connectivity index (χ3v) is 7.29. The number of aryl methyl sites for hydroxylation is 1. The van der Waals surface area contributed by atoms with Crippen LogP contribution in [0.1, 0.15) is 39.8 Å². The lowest BCUT2D eigenvalue weighted by Gasteiger charge is -2.14. The second-order valence-corrected chi connectivity index (χ2v) is 9.56. The summed E-state index contributed by atoms with van der Waals surface area (Å²) in [5.74, 6) is 0.404. The van der Waals surface area contributed by atoms with Crippen LogP contribution in [0.2, 0.25) is 0 Å². The Bertz CT molecular complexity index is 1440. The normalized spacial score (nSPS) is 11.8. The van der Waals surface area contributed by atoms with Gasteiger partial charge in [-0.3, -0.25) is 9.59 Å². The minimum absolute atomic E-state index is 0.0163. The molecule has 0 unspecified atom stereocenters. The predicted octanol–water partition coefficient (Wildman–Crippen LogP) is 5.75. The Balaban J connectivity index is 1.57. The molecule has 0 aliphatic rings. The monoisotopic (exact) mass is 519 g/mol. The van der Waals surface area contributed by atoms with Gasteiger partial charge in [-0.25, -0.2) is 4.98 Å². The molecule has 2 aromatic heterocycles. The molecule has 2 heterocycles. The number of carbonyl (C=O) groups is 2. The molecule has 7 nitrogen and oxygen atoms in total. The average Bonchev–Trinajstić information content (AvgIpc) is 3.36. The van der Waals surface area contributed by atoms with Crippen LogP contribution in [0.4, 0.5) is 0 Å². The number of ketones is 2. The van der Waals surface area contributed by atoms with Gasteiger partial charge in [0.1, 0.15) is 23.7 Å². The Morgan fingerprint density at radius 2 is 1.78 bits per heavy atom. The summed E-state index contributed by atoms with van der Waals surface area (Å²) in [5, 5.41) is 12.1. The minimum atomic E-state index is -0.584. The van der Waals surface area contributed by atoms with E-state index in [9.17, 15) is 9.59 Å². The maximum Gasteiger partial charge on any atom is 0.184 e. The van der Waals surface area contributed by atoms with E-state index >= 15 is 0 Å². The standard InChI is InChI=1S/C29H29NO6S/c1-17-6-5-7-20-21(16-37-29(17)20)27-25(34-3)11-9-22(30-27)28(33)18(2)14-23(32)19-8-10-24(36-13-12-31)26(15-19)35-4/h5-11,15-16,18,31H,12-14H2,1-4H3/t18-/m0/s1. The number of Topliss-reactive ketones (excluding diaryl/α,β-unsaturated/α-hetero) is 2. The number of nitrogens with zero attached hydrogens (tertiary/aromatic N) is 1. The molecule has 0 saturated heterocycles. The topological polar surface area (TPSA) is 95.0 Å². The fourth-order valence-electron chi connectivity index (χ4n) is 4.18. The van der Waals surface area contributed by atoms with Crippen LogP contribution in [0, 0.1) is 12.8 Å². The maximum absolute atomic E-state index is 13.3. The van der Waals surface area contributed by atoms with E-state index in [1.54, 1.807) is 55.7 Å². The number of aliphatic hydroxyl groups is 1. The molecular weight excluding hydrogens is 490 g/mol. The molecule has 1 atom stereocenters. The van der Waals surface area contributed by atoms with Crippen molar-refractivity contribution in [1.29, 1.82) is 0 Å². The van der Waals surface area contributed by atoms with Crippen LogP contribution in [0.5, 0.6) is 17.2 Å². The molecule has 0 aliphatic carbocycles. The van der Waals surface area contributed by atoms with Crippen molar-refractivity contribution in [3.63, 3.8) is 0 Å². The Hall–Kier alpha value is -3.75. The van der Waals surface area contributed by atoms with E-state index < -0.39 is 5.92 Å². The number of pyridine rings is 1. The number of methoxy groups -OCH3 is 2. The van der Waals surface area contributed by atoms with E-state index in [-0.39, 0.29) is 36.9 Å². The average molecular weight is 520 g/mol. The molecule has 0 fully saturated rings. The molecule has 1 N–H and O–H groups in total. The molecule has 192 valence electrons. The first-order valence-corrected chi connectivity index (χ1v) is 12.8. The van der Waals surface area contributed by atoms with Crippen LogP contribution in [0.25, 0.3) is 21.3 Å². The highest BCUT2D eigenvalue weighted by Gasteiger charge is 2.23. The highest BCUT2D eigenvalue weighted by Crippen LogP contribution is 2.39. The number of thiophene rings is 1. The molecule has 0 radical (unpaired) electrons. The predicted molar refractivity (Wildman–Crippen MR) is 144 cm³/mol. The zero-order valence-electron chi connectivity index (χ0n) is 21.2. The van der Waals surface area contributed by atoms with Crippen molar-refractivity contribution in [2.24, 2.45) is 5.92 Å². The van der Waals surface area contributed by atoms with Crippen LogP contribution in [-0.2, 0) is 0 Å². The van der Waals surface area contributed by atoms with Gasteiger partial charge in [-0.15, -0.1) is 11.3 Å². The van der Waals surface area contributed by atoms with Crippen molar-refractivity contribution in [3.8, 4) is 28.5 Å². The Morgan fingerprint density at radius 3 is 2.51 bits per heavy atom. The third kappa shape index (κ3) is 5.50. The first kappa shape index (κ1) is 26.3. The quantitative estimate of drug-likeness (QED) is 0.252. The second-order valence-electron chi connectivity index (χ2n) is 8.68. The number of benzene rings is 2. The van der Waals surface area contributed by atoms with Crippen molar-refractivity contribution in [1.82, 2.24) is 4.98 Å². The summed E-state index contributed by atoms with van der Waals surface area (Å²) >= 11 is 1.63. The van der Waals surface area contributed by atoms with Gasteiger partial charge in [0.05, 0.1) is 20.8 Å². The Morgan fingerprint density at radius 1 is 1.03 bits per heavy atom. The summed E-state index contributed by atoms with van der Waals surface area (Å²) in [6.07, 6.45) is 0.0163. The smallest absolute Gasteiger partial charge is 0.184 e. The first-order valence-electron chi connectivity index (χ1n) is 11.9. The zero-order chi connectivity index (χ0) is 26.5. The van der Waals surface area contributed by atoms with E-state index in [1.165, 1.54) is 17.4 Å². The van der Waals surface area contributed by atoms with Gasteiger partial charge in [0.15, 0.2) is 23.1 Å². The number of hydrogen-bond acceptors (Lipinski definition) is 8. The van der Waals surface area contributed by atoms with Gasteiger partial charge in [0.2, 0.25) is 0 Å². The highest BCUT2D eigenvalue weighted by atomic mass is 32.1. The summed E-state index contributed by atoms with van der Waals surface area (Å²) in [6, 6.07) is 14.3. The minimum Gasteiger partial charge on any atom is -0.494 e. The molecule has 8 heteroatoms. The lowest BCUT2D eigenvalue weighted by Crippen LogP contribution is -2.17. The molecular formula is C29H29NO6S. The van der Waals surface area contributed by atoms with Crippen LogP contribution in [0.3, 0.4) is 0 Å². The molecule has 0 aliphatic heterocycles. The summed E-state index contributed by atoms with van der Waals surface area (Å²) in [4.78, 5) is 31.0. The fraction of sp³-hybridized carbons (Fsp3) is 0.276. The largest absolute Gasteiger partial charge is 0.494 e. The highest BCUT2D eigenvalue weighted by molar-refractivity contribution is 7.18. The summed E-state index contributed by atoms with van der Waals surface area (Å²) in [5.41, 5.74) is 3.39. The lowest BCUT2D eigenvalue weighted by molar-refractivity contribution is 0.0859. The van der Waals surface area contributed by atoms with Gasteiger partial charge >= 0.3 is 0 Å². The maximum atomic E-state index is 13.3. The van der Waals surface area contributed by atoms with Crippen LogP contribution in [-0.4, -0.2) is 49.1 Å². The number of rotatable bonds is 11. The number of aromatic nitrogens is 1. The zero-order valence-corrected chi connectivity index (χ0v) is 22.1. The molecule has 2 aromatic carbocycles. The summed E-state index contributed by atoms with van der Waals surface area (Å²) < 4.78 is 17.5. The molecule has 37 heavy (non-hydrogen) atoms. The summed E-state index contributed by atoms with van der Waals surface area (Å²) in [7, 11) is 3.06. The molecule has 0 amide bonds. The van der Waals surface area contributed by atoms with E-state index in [1.807, 2.05) is 17.5 Å². The Labute approximate surface area is 219 Å². The van der Waals surface area contributed by atoms with E-state index in [0.717, 1.165) is 10.9 Å². The number of hydrogen-bond donors (Lipinski definition) is 1. The van der Waals surface area contributed by atoms with Crippen molar-refractivity contribution >= 4 is 33.0 Å². The van der Waals surface area contributed by atoms with E-state index in [4.69, 9.17) is 24.3 Å².